The summed E-state index contributed by atoms with van der Waals surface area (Å²) < 4.78 is 0. The van der Waals surface area contributed by atoms with Crippen molar-refractivity contribution in [1.82, 2.24) is 4.90 Å². The van der Waals surface area contributed by atoms with Gasteiger partial charge in [0, 0.05) is 13.6 Å². The van der Waals surface area contributed by atoms with Gasteiger partial charge in [0.05, 0.1) is 11.3 Å². The van der Waals surface area contributed by atoms with Crippen molar-refractivity contribution in [2.45, 2.75) is 6.54 Å². The van der Waals surface area contributed by atoms with E-state index in [9.17, 15) is 4.79 Å². The van der Waals surface area contributed by atoms with Crippen LogP contribution in [0, 0.1) is 0 Å². The van der Waals surface area contributed by atoms with Gasteiger partial charge < -0.3 is 10.3 Å². The lowest BCUT2D eigenvalue weighted by Gasteiger charge is -2.19. The fourth-order valence-corrected chi connectivity index (χ4v) is 1.93. The Morgan fingerprint density at radius 2 is 1.74 bits per heavy atom. The highest BCUT2D eigenvalue weighted by molar-refractivity contribution is 5.99. The van der Waals surface area contributed by atoms with E-state index in [1.54, 1.807) is 24.1 Å². The lowest BCUT2D eigenvalue weighted by atomic mass is 10.1. The monoisotopic (exact) mass is 255 g/mol. The Bertz CT molecular complexity index is 554. The van der Waals surface area contributed by atoms with Crippen LogP contribution in [0.4, 0.5) is 5.69 Å². The number of carbonyl (C=O) groups is 1. The van der Waals surface area contributed by atoms with Crippen molar-refractivity contribution in [3.63, 3.8) is 0 Å². The number of amides is 1. The summed E-state index contributed by atoms with van der Waals surface area (Å²) >= 11 is 0. The number of nitrogens with zero attached hydrogens (tertiary/aromatic N) is 1. The zero-order chi connectivity index (χ0) is 13.7. The van der Waals surface area contributed by atoms with Crippen LogP contribution < -0.4 is 11.3 Å². The van der Waals surface area contributed by atoms with Crippen LogP contribution in [0.2, 0.25) is 0 Å². The quantitative estimate of drug-likeness (QED) is 0.650. The Balaban J connectivity index is 2.15. The molecule has 0 atom stereocenters. The van der Waals surface area contributed by atoms with Gasteiger partial charge in [-0.3, -0.25) is 10.6 Å². The molecule has 0 saturated carbocycles. The predicted molar refractivity (Wildman–Crippen MR) is 76.5 cm³/mol. The first-order valence-corrected chi connectivity index (χ1v) is 6.07. The summed E-state index contributed by atoms with van der Waals surface area (Å²) in [4.78, 5) is 14.0. The third-order valence-electron chi connectivity index (χ3n) is 2.92. The molecule has 2 aromatic carbocycles. The SMILES string of the molecule is CN(Cc1ccccc1)C(=O)c1ccccc1NN. The second-order valence-electron chi connectivity index (χ2n) is 4.34. The molecule has 4 nitrogen and oxygen atoms in total. The molecule has 0 saturated heterocycles. The molecule has 0 aliphatic rings. The molecule has 0 aliphatic heterocycles. The van der Waals surface area contributed by atoms with Gasteiger partial charge in [-0.2, -0.15) is 0 Å². The zero-order valence-electron chi connectivity index (χ0n) is 10.8. The van der Waals surface area contributed by atoms with Crippen LogP contribution in [0.5, 0.6) is 0 Å². The molecule has 0 unspecified atom stereocenters. The van der Waals surface area contributed by atoms with E-state index in [-0.39, 0.29) is 5.91 Å². The topological polar surface area (TPSA) is 58.4 Å². The maximum Gasteiger partial charge on any atom is 0.256 e. The number of hydrazine groups is 1. The number of nitrogen functional groups attached to an aromatic ring is 1. The maximum absolute atomic E-state index is 12.4. The molecule has 0 fully saturated rings. The Kier molecular flexibility index (Phi) is 4.15. The lowest BCUT2D eigenvalue weighted by Crippen LogP contribution is -2.27. The highest BCUT2D eigenvalue weighted by Crippen LogP contribution is 2.16. The minimum atomic E-state index is -0.0580. The van der Waals surface area contributed by atoms with Crippen LogP contribution >= 0.6 is 0 Å². The molecule has 0 radical (unpaired) electrons. The van der Waals surface area contributed by atoms with E-state index in [2.05, 4.69) is 5.43 Å². The van der Waals surface area contributed by atoms with Crippen LogP contribution in [0.25, 0.3) is 0 Å². The lowest BCUT2D eigenvalue weighted by molar-refractivity contribution is 0.0786. The highest BCUT2D eigenvalue weighted by atomic mass is 16.2. The molecule has 3 N–H and O–H groups in total. The molecule has 0 bridgehead atoms. The average Bonchev–Trinajstić information content (AvgIpc) is 2.47. The van der Waals surface area contributed by atoms with Gasteiger partial charge in [-0.15, -0.1) is 0 Å². The molecule has 2 rings (SSSR count). The van der Waals surface area contributed by atoms with Gasteiger partial charge in [0.15, 0.2) is 0 Å². The molecule has 98 valence electrons. The Morgan fingerprint density at radius 3 is 2.42 bits per heavy atom. The van der Waals surface area contributed by atoms with Gasteiger partial charge in [-0.05, 0) is 17.7 Å². The highest BCUT2D eigenvalue weighted by Gasteiger charge is 2.15. The Labute approximate surface area is 112 Å². The van der Waals surface area contributed by atoms with E-state index in [0.29, 0.717) is 17.8 Å². The van der Waals surface area contributed by atoms with Crippen LogP contribution in [0.15, 0.2) is 54.6 Å². The molecule has 2 aromatic rings. The minimum Gasteiger partial charge on any atom is -0.337 e. The minimum absolute atomic E-state index is 0.0580. The van der Waals surface area contributed by atoms with Gasteiger partial charge in [0.2, 0.25) is 0 Å². The molecule has 0 heterocycles. The Hall–Kier alpha value is -2.33. The summed E-state index contributed by atoms with van der Waals surface area (Å²) in [5.41, 5.74) is 4.85. The van der Waals surface area contributed by atoms with Gasteiger partial charge in [0.1, 0.15) is 0 Å². The summed E-state index contributed by atoms with van der Waals surface area (Å²) in [5.74, 6) is 5.36. The van der Waals surface area contributed by atoms with Gasteiger partial charge in [0.25, 0.3) is 5.91 Å². The number of rotatable bonds is 4. The van der Waals surface area contributed by atoms with E-state index in [0.717, 1.165) is 5.56 Å². The summed E-state index contributed by atoms with van der Waals surface area (Å²) in [5, 5.41) is 0. The molecular formula is C15H17N3O. The maximum atomic E-state index is 12.4. The number of nitrogens with two attached hydrogens (primary N) is 1. The number of nitrogens with one attached hydrogen (secondary N) is 1. The standard InChI is InChI=1S/C15H17N3O/c1-18(11-12-7-3-2-4-8-12)15(19)13-9-5-6-10-14(13)17-16/h2-10,17H,11,16H2,1H3. The third kappa shape index (κ3) is 3.11. The molecule has 0 spiro atoms. The van der Waals surface area contributed by atoms with Crippen molar-refractivity contribution in [3.05, 3.63) is 65.7 Å². The molecule has 19 heavy (non-hydrogen) atoms. The van der Waals surface area contributed by atoms with Crippen molar-refractivity contribution in [3.8, 4) is 0 Å². The molecular weight excluding hydrogens is 238 g/mol. The van der Waals surface area contributed by atoms with E-state index >= 15 is 0 Å². The number of benzene rings is 2. The van der Waals surface area contributed by atoms with Crippen molar-refractivity contribution in [2.24, 2.45) is 5.84 Å². The second kappa shape index (κ2) is 6.02. The first-order valence-electron chi connectivity index (χ1n) is 6.07. The Morgan fingerprint density at radius 1 is 1.11 bits per heavy atom. The molecule has 0 aliphatic carbocycles. The van der Waals surface area contributed by atoms with E-state index in [4.69, 9.17) is 5.84 Å². The normalized spacial score (nSPS) is 10.0. The van der Waals surface area contributed by atoms with Crippen molar-refractivity contribution in [2.75, 3.05) is 12.5 Å². The van der Waals surface area contributed by atoms with Crippen molar-refractivity contribution >= 4 is 11.6 Å². The predicted octanol–water partition coefficient (Wildman–Crippen LogP) is 2.24. The number of anilines is 1. The zero-order valence-corrected chi connectivity index (χ0v) is 10.8. The van der Waals surface area contributed by atoms with Crippen LogP contribution in [0.1, 0.15) is 15.9 Å². The average molecular weight is 255 g/mol. The van der Waals surface area contributed by atoms with Crippen molar-refractivity contribution in [1.29, 1.82) is 0 Å². The largest absolute Gasteiger partial charge is 0.337 e. The smallest absolute Gasteiger partial charge is 0.256 e. The van der Waals surface area contributed by atoms with Crippen LogP contribution in [-0.2, 0) is 6.54 Å². The van der Waals surface area contributed by atoms with E-state index < -0.39 is 0 Å². The summed E-state index contributed by atoms with van der Waals surface area (Å²) in [6.45, 7) is 0.568. The fourth-order valence-electron chi connectivity index (χ4n) is 1.93. The fraction of sp³-hybridized carbons (Fsp3) is 0.133. The molecule has 4 heteroatoms. The van der Waals surface area contributed by atoms with Crippen molar-refractivity contribution < 1.29 is 4.79 Å². The van der Waals surface area contributed by atoms with E-state index in [1.165, 1.54) is 0 Å². The number of para-hydroxylation sites is 1. The van der Waals surface area contributed by atoms with E-state index in [1.807, 2.05) is 42.5 Å². The summed E-state index contributed by atoms with van der Waals surface area (Å²) in [6.07, 6.45) is 0. The van der Waals surface area contributed by atoms with Gasteiger partial charge >= 0.3 is 0 Å². The summed E-state index contributed by atoms with van der Waals surface area (Å²) in [6, 6.07) is 17.1. The molecule has 1 amide bonds. The first kappa shape index (κ1) is 13.1. The first-order chi connectivity index (χ1) is 9.22. The van der Waals surface area contributed by atoms with Gasteiger partial charge in [-0.1, -0.05) is 42.5 Å². The number of hydrogen-bond donors (Lipinski definition) is 2. The van der Waals surface area contributed by atoms with Crippen LogP contribution in [0.3, 0.4) is 0 Å². The van der Waals surface area contributed by atoms with Gasteiger partial charge in [-0.25, -0.2) is 0 Å². The summed E-state index contributed by atoms with van der Waals surface area (Å²) in [7, 11) is 1.78. The third-order valence-corrected chi connectivity index (χ3v) is 2.92. The number of carbonyl (C=O) groups excluding carboxylic acids is 1. The van der Waals surface area contributed by atoms with Crippen LogP contribution in [-0.4, -0.2) is 17.9 Å². The second-order valence-corrected chi connectivity index (χ2v) is 4.34. The number of hydrogen-bond acceptors (Lipinski definition) is 3. The molecule has 0 aromatic heterocycles.